The van der Waals surface area contributed by atoms with Gasteiger partial charge in [0.25, 0.3) is 0 Å². The summed E-state index contributed by atoms with van der Waals surface area (Å²) < 4.78 is 10.5. The third-order valence-corrected chi connectivity index (χ3v) is 2.43. The fraction of sp³-hybridized carbons (Fsp3) is 0.923. The van der Waals surface area contributed by atoms with Crippen molar-refractivity contribution in [2.24, 2.45) is 0 Å². The molecule has 0 aliphatic rings. The molecule has 0 amide bonds. The van der Waals surface area contributed by atoms with Gasteiger partial charge < -0.3 is 9.47 Å². The van der Waals surface area contributed by atoms with E-state index in [0.29, 0.717) is 19.6 Å². The number of esters is 1. The molecule has 0 aromatic rings. The van der Waals surface area contributed by atoms with Crippen LogP contribution in [0.15, 0.2) is 0 Å². The average Bonchev–Trinajstić information content (AvgIpc) is 2.24. The normalized spacial score (nSPS) is 14.7. The summed E-state index contributed by atoms with van der Waals surface area (Å²) in [5, 5.41) is 3.26. The second kappa shape index (κ2) is 8.48. The van der Waals surface area contributed by atoms with Crippen molar-refractivity contribution in [2.75, 3.05) is 19.8 Å². The van der Waals surface area contributed by atoms with E-state index in [2.05, 4.69) is 12.2 Å². The topological polar surface area (TPSA) is 47.6 Å². The highest BCUT2D eigenvalue weighted by Crippen LogP contribution is 2.14. The zero-order chi connectivity index (χ0) is 13.3. The summed E-state index contributed by atoms with van der Waals surface area (Å²) in [7, 11) is 0. The predicted octanol–water partition coefficient (Wildman–Crippen LogP) is 2.12. The van der Waals surface area contributed by atoms with Gasteiger partial charge in [-0.3, -0.25) is 10.1 Å². The van der Waals surface area contributed by atoms with E-state index in [1.807, 2.05) is 27.7 Å². The first-order valence-electron chi connectivity index (χ1n) is 6.49. The van der Waals surface area contributed by atoms with Crippen LogP contribution in [0, 0.1) is 0 Å². The Morgan fingerprint density at radius 1 is 1.29 bits per heavy atom. The summed E-state index contributed by atoms with van der Waals surface area (Å²) in [5.74, 6) is -0.200. The molecule has 0 spiro atoms. The fourth-order valence-electron chi connectivity index (χ4n) is 1.68. The number of carbonyl (C=O) groups excluding carboxylic acids is 1. The number of carbonyl (C=O) groups is 1. The molecule has 1 atom stereocenters. The quantitative estimate of drug-likeness (QED) is 0.499. The average molecular weight is 245 g/mol. The Hall–Kier alpha value is -0.610. The summed E-state index contributed by atoms with van der Waals surface area (Å²) in [6.45, 7) is 11.5. The van der Waals surface area contributed by atoms with Crippen molar-refractivity contribution in [2.45, 2.75) is 59.0 Å². The zero-order valence-electron chi connectivity index (χ0n) is 11.8. The maximum absolute atomic E-state index is 11.9. The maximum atomic E-state index is 11.9. The SMILES string of the molecule is CCCOCCC(C)(NC(C)C)C(=O)OCC. The summed E-state index contributed by atoms with van der Waals surface area (Å²) >= 11 is 0. The fourth-order valence-corrected chi connectivity index (χ4v) is 1.68. The second-order valence-corrected chi connectivity index (χ2v) is 4.71. The molecule has 0 fully saturated rings. The van der Waals surface area contributed by atoms with Gasteiger partial charge in [0.15, 0.2) is 0 Å². The van der Waals surface area contributed by atoms with Gasteiger partial charge in [0.05, 0.1) is 6.61 Å². The molecule has 0 aliphatic carbocycles. The molecule has 0 radical (unpaired) electrons. The van der Waals surface area contributed by atoms with Crippen LogP contribution in [0.1, 0.15) is 47.5 Å². The lowest BCUT2D eigenvalue weighted by Crippen LogP contribution is -2.53. The minimum atomic E-state index is -0.655. The molecule has 0 saturated carbocycles. The van der Waals surface area contributed by atoms with Crippen LogP contribution in [0.4, 0.5) is 0 Å². The number of hydrogen-bond donors (Lipinski definition) is 1. The molecule has 0 bridgehead atoms. The lowest BCUT2D eigenvalue weighted by atomic mass is 9.97. The Bertz CT molecular complexity index is 219. The number of nitrogens with one attached hydrogen (secondary N) is 1. The first-order chi connectivity index (χ1) is 7.96. The molecular formula is C13H27NO3. The molecule has 0 aromatic heterocycles. The molecular weight excluding hydrogens is 218 g/mol. The molecule has 0 aliphatic heterocycles. The molecule has 0 rings (SSSR count). The molecule has 4 nitrogen and oxygen atoms in total. The third-order valence-electron chi connectivity index (χ3n) is 2.43. The van der Waals surface area contributed by atoms with Gasteiger partial charge >= 0.3 is 5.97 Å². The highest BCUT2D eigenvalue weighted by molar-refractivity contribution is 5.80. The van der Waals surface area contributed by atoms with Crippen LogP contribution in [0.5, 0.6) is 0 Å². The molecule has 4 heteroatoms. The summed E-state index contributed by atoms with van der Waals surface area (Å²) in [4.78, 5) is 11.9. The highest BCUT2D eigenvalue weighted by atomic mass is 16.5. The lowest BCUT2D eigenvalue weighted by Gasteiger charge is -2.30. The third kappa shape index (κ3) is 6.64. The summed E-state index contributed by atoms with van der Waals surface area (Å²) in [5.41, 5.74) is -0.655. The summed E-state index contributed by atoms with van der Waals surface area (Å²) in [6.07, 6.45) is 1.62. The van der Waals surface area contributed by atoms with Crippen LogP contribution >= 0.6 is 0 Å². The maximum Gasteiger partial charge on any atom is 0.326 e. The van der Waals surface area contributed by atoms with Gasteiger partial charge in [-0.2, -0.15) is 0 Å². The van der Waals surface area contributed by atoms with Gasteiger partial charge in [0.1, 0.15) is 5.54 Å². The van der Waals surface area contributed by atoms with Crippen molar-refractivity contribution in [3.8, 4) is 0 Å². The van der Waals surface area contributed by atoms with E-state index in [4.69, 9.17) is 9.47 Å². The van der Waals surface area contributed by atoms with E-state index in [0.717, 1.165) is 13.0 Å². The van der Waals surface area contributed by atoms with Crippen molar-refractivity contribution in [1.29, 1.82) is 0 Å². The van der Waals surface area contributed by atoms with Gasteiger partial charge in [0.2, 0.25) is 0 Å². The monoisotopic (exact) mass is 245 g/mol. The molecule has 17 heavy (non-hydrogen) atoms. The van der Waals surface area contributed by atoms with Crippen molar-refractivity contribution in [1.82, 2.24) is 5.32 Å². The second-order valence-electron chi connectivity index (χ2n) is 4.71. The molecule has 0 saturated heterocycles. The van der Waals surface area contributed by atoms with Crippen molar-refractivity contribution in [3.05, 3.63) is 0 Å². The first kappa shape index (κ1) is 16.4. The first-order valence-corrected chi connectivity index (χ1v) is 6.49. The van der Waals surface area contributed by atoms with Gasteiger partial charge in [-0.25, -0.2) is 0 Å². The van der Waals surface area contributed by atoms with Crippen LogP contribution in [0.25, 0.3) is 0 Å². The Labute approximate surface area is 105 Å². The number of hydrogen-bond acceptors (Lipinski definition) is 4. The Morgan fingerprint density at radius 3 is 2.41 bits per heavy atom. The molecule has 0 heterocycles. The molecule has 1 unspecified atom stereocenters. The Kier molecular flexibility index (Phi) is 8.17. The predicted molar refractivity (Wildman–Crippen MR) is 69.0 cm³/mol. The van der Waals surface area contributed by atoms with Crippen LogP contribution in [-0.4, -0.2) is 37.4 Å². The highest BCUT2D eigenvalue weighted by Gasteiger charge is 2.34. The smallest absolute Gasteiger partial charge is 0.326 e. The van der Waals surface area contributed by atoms with Gasteiger partial charge in [-0.1, -0.05) is 6.92 Å². The molecule has 0 aromatic carbocycles. The van der Waals surface area contributed by atoms with Crippen molar-refractivity contribution in [3.63, 3.8) is 0 Å². The zero-order valence-corrected chi connectivity index (χ0v) is 11.8. The van der Waals surface area contributed by atoms with Crippen molar-refractivity contribution >= 4 is 5.97 Å². The minimum Gasteiger partial charge on any atom is -0.465 e. The van der Waals surface area contributed by atoms with Crippen LogP contribution in [0.2, 0.25) is 0 Å². The minimum absolute atomic E-state index is 0.200. The van der Waals surface area contributed by atoms with Gasteiger partial charge in [-0.05, 0) is 40.5 Å². The van der Waals surface area contributed by atoms with Crippen LogP contribution in [-0.2, 0) is 14.3 Å². The van der Waals surface area contributed by atoms with E-state index >= 15 is 0 Å². The van der Waals surface area contributed by atoms with E-state index in [1.54, 1.807) is 0 Å². The van der Waals surface area contributed by atoms with E-state index in [-0.39, 0.29) is 12.0 Å². The van der Waals surface area contributed by atoms with Crippen molar-refractivity contribution < 1.29 is 14.3 Å². The van der Waals surface area contributed by atoms with E-state index in [1.165, 1.54) is 0 Å². The van der Waals surface area contributed by atoms with E-state index in [9.17, 15) is 4.79 Å². The Balaban J connectivity index is 4.33. The summed E-state index contributed by atoms with van der Waals surface area (Å²) in [6, 6.07) is 0.232. The Morgan fingerprint density at radius 2 is 1.94 bits per heavy atom. The lowest BCUT2D eigenvalue weighted by molar-refractivity contribution is -0.151. The largest absolute Gasteiger partial charge is 0.465 e. The van der Waals surface area contributed by atoms with Crippen LogP contribution < -0.4 is 5.32 Å². The number of ether oxygens (including phenoxy) is 2. The molecule has 102 valence electrons. The van der Waals surface area contributed by atoms with E-state index < -0.39 is 5.54 Å². The van der Waals surface area contributed by atoms with Crippen LogP contribution in [0.3, 0.4) is 0 Å². The molecule has 1 N–H and O–H groups in total. The standard InChI is InChI=1S/C13H27NO3/c1-6-9-16-10-8-13(5,14-11(3)4)12(15)17-7-2/h11,14H,6-10H2,1-5H3. The van der Waals surface area contributed by atoms with Gasteiger partial charge in [-0.15, -0.1) is 0 Å². The van der Waals surface area contributed by atoms with Gasteiger partial charge in [0, 0.05) is 19.3 Å². The number of rotatable bonds is 9.